The second kappa shape index (κ2) is 5.53. The fourth-order valence-electron chi connectivity index (χ4n) is 2.52. The van der Waals surface area contributed by atoms with Gasteiger partial charge < -0.3 is 9.47 Å². The molecule has 0 bridgehead atoms. The lowest BCUT2D eigenvalue weighted by Crippen LogP contribution is -2.23. The van der Waals surface area contributed by atoms with Gasteiger partial charge in [-0.05, 0) is 26.3 Å². The lowest BCUT2D eigenvalue weighted by molar-refractivity contribution is -0.123. The van der Waals surface area contributed by atoms with Crippen molar-refractivity contribution >= 4 is 5.78 Å². The SMILES string of the molecule is COc1ccc(C)cc1CC(=O)C1CCOC1C. The van der Waals surface area contributed by atoms with Crippen molar-refractivity contribution in [2.75, 3.05) is 13.7 Å². The zero-order chi connectivity index (χ0) is 13.1. The highest BCUT2D eigenvalue weighted by molar-refractivity contribution is 5.84. The third kappa shape index (κ3) is 2.72. The van der Waals surface area contributed by atoms with Crippen molar-refractivity contribution in [3.63, 3.8) is 0 Å². The average molecular weight is 248 g/mol. The Morgan fingerprint density at radius 1 is 1.50 bits per heavy atom. The lowest BCUT2D eigenvalue weighted by atomic mass is 9.92. The molecule has 0 saturated carbocycles. The predicted octanol–water partition coefficient (Wildman–Crippen LogP) is 2.54. The van der Waals surface area contributed by atoms with Crippen molar-refractivity contribution in [3.8, 4) is 5.75 Å². The van der Waals surface area contributed by atoms with Crippen LogP contribution >= 0.6 is 0 Å². The van der Waals surface area contributed by atoms with Gasteiger partial charge in [-0.25, -0.2) is 0 Å². The van der Waals surface area contributed by atoms with Gasteiger partial charge in [-0.1, -0.05) is 17.7 Å². The molecule has 2 rings (SSSR count). The molecule has 18 heavy (non-hydrogen) atoms. The number of hydrogen-bond acceptors (Lipinski definition) is 3. The van der Waals surface area contributed by atoms with Crippen LogP contribution in [0.3, 0.4) is 0 Å². The molecule has 98 valence electrons. The Hall–Kier alpha value is -1.35. The minimum absolute atomic E-state index is 0.0372. The van der Waals surface area contributed by atoms with Crippen molar-refractivity contribution in [1.82, 2.24) is 0 Å². The fraction of sp³-hybridized carbons (Fsp3) is 0.533. The number of methoxy groups -OCH3 is 1. The molecule has 0 radical (unpaired) electrons. The van der Waals surface area contributed by atoms with Crippen LogP contribution in [0, 0.1) is 12.8 Å². The molecule has 1 heterocycles. The summed E-state index contributed by atoms with van der Waals surface area (Å²) in [4.78, 5) is 12.3. The minimum Gasteiger partial charge on any atom is -0.496 e. The molecule has 2 atom stereocenters. The normalized spacial score (nSPS) is 23.1. The number of rotatable bonds is 4. The van der Waals surface area contributed by atoms with E-state index >= 15 is 0 Å². The number of ketones is 1. The third-order valence-electron chi connectivity index (χ3n) is 3.59. The van der Waals surface area contributed by atoms with Crippen LogP contribution in [-0.4, -0.2) is 25.6 Å². The van der Waals surface area contributed by atoms with Gasteiger partial charge in [0.15, 0.2) is 0 Å². The van der Waals surface area contributed by atoms with Gasteiger partial charge in [-0.2, -0.15) is 0 Å². The molecular weight excluding hydrogens is 228 g/mol. The van der Waals surface area contributed by atoms with Crippen LogP contribution in [0.15, 0.2) is 18.2 Å². The fourth-order valence-corrected chi connectivity index (χ4v) is 2.52. The number of carbonyl (C=O) groups excluding carboxylic acids is 1. The van der Waals surface area contributed by atoms with E-state index in [1.807, 2.05) is 32.0 Å². The molecule has 1 aromatic carbocycles. The molecule has 2 unspecified atom stereocenters. The van der Waals surface area contributed by atoms with E-state index in [0.717, 1.165) is 23.3 Å². The predicted molar refractivity (Wildman–Crippen MR) is 70.0 cm³/mol. The van der Waals surface area contributed by atoms with Crippen molar-refractivity contribution in [3.05, 3.63) is 29.3 Å². The average Bonchev–Trinajstić information content (AvgIpc) is 2.76. The number of aryl methyl sites for hydroxylation is 1. The van der Waals surface area contributed by atoms with Crippen LogP contribution in [0.25, 0.3) is 0 Å². The Kier molecular flexibility index (Phi) is 4.02. The summed E-state index contributed by atoms with van der Waals surface area (Å²) in [5.41, 5.74) is 2.12. The van der Waals surface area contributed by atoms with Crippen LogP contribution < -0.4 is 4.74 Å². The molecule has 0 amide bonds. The Bertz CT molecular complexity index is 439. The van der Waals surface area contributed by atoms with Crippen LogP contribution in [0.2, 0.25) is 0 Å². The van der Waals surface area contributed by atoms with Gasteiger partial charge >= 0.3 is 0 Å². The molecular formula is C15H20O3. The van der Waals surface area contributed by atoms with E-state index in [-0.39, 0.29) is 17.8 Å². The summed E-state index contributed by atoms with van der Waals surface area (Å²) in [7, 11) is 1.64. The molecule has 0 aromatic heterocycles. The number of Topliss-reactive ketones (excluding diaryl/α,β-unsaturated/α-hetero) is 1. The zero-order valence-corrected chi connectivity index (χ0v) is 11.2. The summed E-state index contributed by atoms with van der Waals surface area (Å²) in [6, 6.07) is 5.94. The summed E-state index contributed by atoms with van der Waals surface area (Å²) >= 11 is 0. The molecule has 0 spiro atoms. The van der Waals surface area contributed by atoms with Crippen LogP contribution in [0.5, 0.6) is 5.75 Å². The standard InChI is InChI=1S/C15H20O3/c1-10-4-5-15(17-3)12(8-10)9-14(16)13-6-7-18-11(13)2/h4-5,8,11,13H,6-7,9H2,1-3H3. The first-order valence-corrected chi connectivity index (χ1v) is 6.39. The number of benzene rings is 1. The molecule has 1 fully saturated rings. The van der Waals surface area contributed by atoms with E-state index in [2.05, 4.69) is 0 Å². The Morgan fingerprint density at radius 2 is 2.28 bits per heavy atom. The molecule has 3 nitrogen and oxygen atoms in total. The summed E-state index contributed by atoms with van der Waals surface area (Å²) in [5, 5.41) is 0. The topological polar surface area (TPSA) is 35.5 Å². The van der Waals surface area contributed by atoms with Gasteiger partial charge in [0.05, 0.1) is 13.2 Å². The molecule has 1 saturated heterocycles. The van der Waals surface area contributed by atoms with Gasteiger partial charge in [0.25, 0.3) is 0 Å². The quantitative estimate of drug-likeness (QED) is 0.821. The van der Waals surface area contributed by atoms with Crippen molar-refractivity contribution < 1.29 is 14.3 Å². The Balaban J connectivity index is 2.13. The summed E-state index contributed by atoms with van der Waals surface area (Å²) in [5.74, 6) is 1.08. The molecule has 0 N–H and O–H groups in total. The maximum absolute atomic E-state index is 12.3. The molecule has 1 aliphatic rings. The van der Waals surface area contributed by atoms with E-state index in [4.69, 9.17) is 9.47 Å². The molecule has 0 aliphatic carbocycles. The van der Waals surface area contributed by atoms with Gasteiger partial charge in [-0.15, -0.1) is 0 Å². The number of hydrogen-bond donors (Lipinski definition) is 0. The largest absolute Gasteiger partial charge is 0.496 e. The maximum Gasteiger partial charge on any atom is 0.143 e. The highest BCUT2D eigenvalue weighted by atomic mass is 16.5. The van der Waals surface area contributed by atoms with Gasteiger partial charge in [0, 0.05) is 24.5 Å². The molecule has 1 aliphatic heterocycles. The van der Waals surface area contributed by atoms with E-state index in [1.165, 1.54) is 0 Å². The number of carbonyl (C=O) groups is 1. The van der Waals surface area contributed by atoms with Crippen LogP contribution in [0.1, 0.15) is 24.5 Å². The third-order valence-corrected chi connectivity index (χ3v) is 3.59. The van der Waals surface area contributed by atoms with Gasteiger partial charge in [0.1, 0.15) is 11.5 Å². The molecule has 3 heteroatoms. The van der Waals surface area contributed by atoms with Gasteiger partial charge in [0.2, 0.25) is 0 Å². The van der Waals surface area contributed by atoms with Gasteiger partial charge in [-0.3, -0.25) is 4.79 Å². The van der Waals surface area contributed by atoms with E-state index in [1.54, 1.807) is 7.11 Å². The van der Waals surface area contributed by atoms with Crippen LogP contribution in [-0.2, 0) is 16.0 Å². The van der Waals surface area contributed by atoms with E-state index in [0.29, 0.717) is 13.0 Å². The highest BCUT2D eigenvalue weighted by Crippen LogP contribution is 2.26. The Labute approximate surface area is 108 Å². The minimum atomic E-state index is 0.0372. The molecule has 1 aromatic rings. The maximum atomic E-state index is 12.3. The second-order valence-corrected chi connectivity index (χ2v) is 4.93. The van der Waals surface area contributed by atoms with Crippen molar-refractivity contribution in [1.29, 1.82) is 0 Å². The van der Waals surface area contributed by atoms with Crippen molar-refractivity contribution in [2.24, 2.45) is 5.92 Å². The smallest absolute Gasteiger partial charge is 0.143 e. The monoisotopic (exact) mass is 248 g/mol. The zero-order valence-electron chi connectivity index (χ0n) is 11.2. The first kappa shape index (κ1) is 13.1. The van der Waals surface area contributed by atoms with Crippen molar-refractivity contribution in [2.45, 2.75) is 32.8 Å². The highest BCUT2D eigenvalue weighted by Gasteiger charge is 2.30. The first-order chi connectivity index (χ1) is 8.61. The summed E-state index contributed by atoms with van der Waals surface area (Å²) < 4.78 is 10.8. The Morgan fingerprint density at radius 3 is 2.89 bits per heavy atom. The number of ether oxygens (including phenoxy) is 2. The van der Waals surface area contributed by atoms with E-state index < -0.39 is 0 Å². The van der Waals surface area contributed by atoms with E-state index in [9.17, 15) is 4.79 Å². The van der Waals surface area contributed by atoms with Crippen LogP contribution in [0.4, 0.5) is 0 Å². The lowest BCUT2D eigenvalue weighted by Gasteiger charge is -2.14. The summed E-state index contributed by atoms with van der Waals surface area (Å²) in [6.45, 7) is 4.69. The second-order valence-electron chi connectivity index (χ2n) is 4.93. The summed E-state index contributed by atoms with van der Waals surface area (Å²) in [6.07, 6.45) is 1.32. The first-order valence-electron chi connectivity index (χ1n) is 6.39.